The van der Waals surface area contributed by atoms with Gasteiger partial charge in [0.1, 0.15) is 17.4 Å². The number of amides is 1. The molecule has 26 heavy (non-hydrogen) atoms. The highest BCUT2D eigenvalue weighted by Crippen LogP contribution is 2.17. The van der Waals surface area contributed by atoms with Crippen LogP contribution in [0.3, 0.4) is 0 Å². The van der Waals surface area contributed by atoms with E-state index in [1.165, 1.54) is 16.9 Å². The molecule has 1 aromatic carbocycles. The van der Waals surface area contributed by atoms with E-state index in [1.807, 2.05) is 49.8 Å². The minimum atomic E-state index is 0.0326. The molecule has 136 valence electrons. The first kappa shape index (κ1) is 18.1. The standard InChI is InChI=1S/C19H22N4O2S/c1-14-4-6-17(7-5-14)25-12-18-21-16(13-26-18)8-19(24)22(2)10-15-9-20-23(3)11-15/h4-7,9,11,13H,8,10,12H2,1-3H3. The molecule has 0 aliphatic heterocycles. The van der Waals surface area contributed by atoms with Gasteiger partial charge in [-0.25, -0.2) is 4.98 Å². The molecule has 0 aliphatic carbocycles. The van der Waals surface area contributed by atoms with Gasteiger partial charge in [-0.1, -0.05) is 17.7 Å². The summed E-state index contributed by atoms with van der Waals surface area (Å²) in [7, 11) is 3.66. The number of carbonyl (C=O) groups is 1. The molecule has 0 atom stereocenters. The van der Waals surface area contributed by atoms with E-state index < -0.39 is 0 Å². The Kier molecular flexibility index (Phi) is 5.68. The normalized spacial score (nSPS) is 10.7. The SMILES string of the molecule is Cc1ccc(OCc2nc(CC(=O)N(C)Cc3cnn(C)c3)cs2)cc1. The molecule has 0 unspecified atom stereocenters. The van der Waals surface area contributed by atoms with Gasteiger partial charge in [0.05, 0.1) is 18.3 Å². The van der Waals surface area contributed by atoms with Crippen molar-refractivity contribution < 1.29 is 9.53 Å². The summed E-state index contributed by atoms with van der Waals surface area (Å²) in [6, 6.07) is 7.92. The zero-order chi connectivity index (χ0) is 18.5. The third kappa shape index (κ3) is 4.92. The Hall–Kier alpha value is -2.67. The molecule has 0 saturated heterocycles. The predicted octanol–water partition coefficient (Wildman–Crippen LogP) is 2.97. The lowest BCUT2D eigenvalue weighted by Crippen LogP contribution is -2.27. The molecular formula is C19H22N4O2S. The predicted molar refractivity (Wildman–Crippen MR) is 101 cm³/mol. The summed E-state index contributed by atoms with van der Waals surface area (Å²) in [4.78, 5) is 18.6. The molecule has 0 N–H and O–H groups in total. The van der Waals surface area contributed by atoms with Crippen LogP contribution in [0.2, 0.25) is 0 Å². The van der Waals surface area contributed by atoms with Crippen molar-refractivity contribution >= 4 is 17.2 Å². The summed E-state index contributed by atoms with van der Waals surface area (Å²) >= 11 is 1.51. The quantitative estimate of drug-likeness (QED) is 0.642. The number of nitrogens with zero attached hydrogens (tertiary/aromatic N) is 4. The maximum absolute atomic E-state index is 12.4. The molecule has 6 nitrogen and oxygen atoms in total. The number of thiazole rings is 1. The third-order valence-electron chi connectivity index (χ3n) is 3.92. The number of hydrogen-bond donors (Lipinski definition) is 0. The summed E-state index contributed by atoms with van der Waals surface area (Å²) < 4.78 is 7.47. The van der Waals surface area contributed by atoms with E-state index in [0.29, 0.717) is 13.2 Å². The number of ether oxygens (including phenoxy) is 1. The second-order valence-corrected chi connectivity index (χ2v) is 7.23. The highest BCUT2D eigenvalue weighted by Gasteiger charge is 2.13. The molecule has 0 radical (unpaired) electrons. The highest BCUT2D eigenvalue weighted by molar-refractivity contribution is 7.09. The first-order chi connectivity index (χ1) is 12.5. The molecule has 0 saturated carbocycles. The van der Waals surface area contributed by atoms with Crippen molar-refractivity contribution in [2.75, 3.05) is 7.05 Å². The number of aryl methyl sites for hydroxylation is 2. The van der Waals surface area contributed by atoms with Crippen molar-refractivity contribution in [3.63, 3.8) is 0 Å². The Morgan fingerprint density at radius 1 is 1.31 bits per heavy atom. The number of likely N-dealkylation sites (N-methyl/N-ethyl adjacent to an activating group) is 1. The van der Waals surface area contributed by atoms with Crippen molar-refractivity contribution in [2.45, 2.75) is 26.5 Å². The van der Waals surface area contributed by atoms with Gasteiger partial charge in [-0.05, 0) is 19.1 Å². The fourth-order valence-corrected chi connectivity index (χ4v) is 3.19. The second kappa shape index (κ2) is 8.14. The van der Waals surface area contributed by atoms with Gasteiger partial charge in [0.25, 0.3) is 0 Å². The summed E-state index contributed by atoms with van der Waals surface area (Å²) in [6.45, 7) is 2.99. The number of hydrogen-bond acceptors (Lipinski definition) is 5. The van der Waals surface area contributed by atoms with Gasteiger partial charge in [-0.2, -0.15) is 5.10 Å². The van der Waals surface area contributed by atoms with Crippen molar-refractivity contribution in [1.29, 1.82) is 0 Å². The van der Waals surface area contributed by atoms with Crippen LogP contribution in [-0.4, -0.2) is 32.6 Å². The van der Waals surface area contributed by atoms with Crippen LogP contribution in [0.1, 0.15) is 21.8 Å². The van der Waals surface area contributed by atoms with Gasteiger partial charge in [-0.3, -0.25) is 9.48 Å². The minimum Gasteiger partial charge on any atom is -0.486 e. The van der Waals surface area contributed by atoms with Crippen LogP contribution in [0.4, 0.5) is 0 Å². The fourth-order valence-electron chi connectivity index (χ4n) is 2.48. The van der Waals surface area contributed by atoms with Gasteiger partial charge in [0, 0.05) is 37.8 Å². The van der Waals surface area contributed by atoms with Crippen LogP contribution in [-0.2, 0) is 31.4 Å². The lowest BCUT2D eigenvalue weighted by atomic mass is 10.2. The van der Waals surface area contributed by atoms with E-state index in [9.17, 15) is 4.79 Å². The Balaban J connectivity index is 1.50. The van der Waals surface area contributed by atoms with Crippen molar-refractivity contribution in [3.8, 4) is 5.75 Å². The average molecular weight is 370 g/mol. The Bertz CT molecular complexity index is 870. The van der Waals surface area contributed by atoms with E-state index in [2.05, 4.69) is 10.1 Å². The van der Waals surface area contributed by atoms with E-state index in [1.54, 1.807) is 22.8 Å². The number of benzene rings is 1. The summed E-state index contributed by atoms with van der Waals surface area (Å²) in [5, 5.41) is 6.91. The molecule has 1 amide bonds. The lowest BCUT2D eigenvalue weighted by molar-refractivity contribution is -0.129. The molecular weight excluding hydrogens is 348 g/mol. The van der Waals surface area contributed by atoms with E-state index >= 15 is 0 Å². The molecule has 3 rings (SSSR count). The monoisotopic (exact) mass is 370 g/mol. The minimum absolute atomic E-state index is 0.0326. The van der Waals surface area contributed by atoms with Gasteiger partial charge in [0.15, 0.2) is 0 Å². The first-order valence-corrected chi connectivity index (χ1v) is 9.22. The topological polar surface area (TPSA) is 60.2 Å². The molecule has 7 heteroatoms. The van der Waals surface area contributed by atoms with E-state index in [0.717, 1.165) is 22.0 Å². The van der Waals surface area contributed by atoms with Gasteiger partial charge < -0.3 is 9.64 Å². The van der Waals surface area contributed by atoms with Crippen molar-refractivity contribution in [3.05, 3.63) is 63.9 Å². The maximum atomic E-state index is 12.4. The van der Waals surface area contributed by atoms with Crippen LogP contribution in [0, 0.1) is 6.92 Å². The van der Waals surface area contributed by atoms with E-state index in [4.69, 9.17) is 4.74 Å². The number of rotatable bonds is 7. The Labute approximate surface area is 157 Å². The summed E-state index contributed by atoms with van der Waals surface area (Å²) in [5.74, 6) is 0.852. The van der Waals surface area contributed by atoms with Crippen molar-refractivity contribution in [2.24, 2.45) is 7.05 Å². The fraction of sp³-hybridized carbons (Fsp3) is 0.316. The summed E-state index contributed by atoms with van der Waals surface area (Å²) in [5.41, 5.74) is 2.98. The van der Waals surface area contributed by atoms with Crippen LogP contribution < -0.4 is 4.74 Å². The van der Waals surface area contributed by atoms with Crippen LogP contribution in [0.15, 0.2) is 42.0 Å². The molecule has 0 aliphatic rings. The van der Waals surface area contributed by atoms with Crippen LogP contribution >= 0.6 is 11.3 Å². The third-order valence-corrected chi connectivity index (χ3v) is 4.79. The van der Waals surface area contributed by atoms with Crippen LogP contribution in [0.5, 0.6) is 5.75 Å². The number of carbonyl (C=O) groups excluding carboxylic acids is 1. The summed E-state index contributed by atoms with van der Waals surface area (Å²) in [6.07, 6.45) is 3.97. The molecule has 3 aromatic rings. The van der Waals surface area contributed by atoms with Gasteiger partial charge >= 0.3 is 0 Å². The zero-order valence-corrected chi connectivity index (χ0v) is 16.0. The first-order valence-electron chi connectivity index (χ1n) is 8.34. The average Bonchev–Trinajstić information content (AvgIpc) is 3.23. The largest absolute Gasteiger partial charge is 0.486 e. The van der Waals surface area contributed by atoms with Gasteiger partial charge in [0.2, 0.25) is 5.91 Å². The van der Waals surface area contributed by atoms with Crippen molar-refractivity contribution in [1.82, 2.24) is 19.7 Å². The zero-order valence-electron chi connectivity index (χ0n) is 15.2. The highest BCUT2D eigenvalue weighted by atomic mass is 32.1. The Morgan fingerprint density at radius 3 is 2.77 bits per heavy atom. The Morgan fingerprint density at radius 2 is 2.08 bits per heavy atom. The molecule has 0 bridgehead atoms. The second-order valence-electron chi connectivity index (χ2n) is 6.28. The number of aromatic nitrogens is 3. The smallest absolute Gasteiger partial charge is 0.228 e. The lowest BCUT2D eigenvalue weighted by Gasteiger charge is -2.15. The van der Waals surface area contributed by atoms with Crippen LogP contribution in [0.25, 0.3) is 0 Å². The molecule has 0 fully saturated rings. The van der Waals surface area contributed by atoms with Gasteiger partial charge in [-0.15, -0.1) is 11.3 Å². The molecule has 0 spiro atoms. The van der Waals surface area contributed by atoms with E-state index in [-0.39, 0.29) is 12.3 Å². The molecule has 2 heterocycles. The maximum Gasteiger partial charge on any atom is 0.228 e. The molecule has 2 aromatic heterocycles.